The Kier molecular flexibility index (Phi) is 4.42. The van der Waals surface area contributed by atoms with Crippen LogP contribution in [0.4, 0.5) is 0 Å². The van der Waals surface area contributed by atoms with Crippen LogP contribution in [-0.2, 0) is 11.3 Å². The van der Waals surface area contributed by atoms with Crippen LogP contribution in [0.5, 0.6) is 0 Å². The number of carbonyl (C=O) groups is 1. The molecule has 1 N–H and O–H groups in total. The van der Waals surface area contributed by atoms with E-state index >= 15 is 0 Å². The van der Waals surface area contributed by atoms with Gasteiger partial charge in [-0.15, -0.1) is 0 Å². The van der Waals surface area contributed by atoms with Gasteiger partial charge >= 0.3 is 0 Å². The molecule has 0 spiro atoms. The van der Waals surface area contributed by atoms with Gasteiger partial charge in [-0.25, -0.2) is 0 Å². The van der Waals surface area contributed by atoms with Crippen LogP contribution in [0.1, 0.15) is 45.3 Å². The smallest absolute Gasteiger partial charge is 0.224 e. The lowest BCUT2D eigenvalue weighted by Crippen LogP contribution is -2.48. The number of hydrogen-bond donors (Lipinski definition) is 1. The first-order valence-corrected chi connectivity index (χ1v) is 7.17. The largest absolute Gasteiger partial charge is 0.351 e. The molecule has 1 aromatic heterocycles. The maximum absolute atomic E-state index is 12.2. The van der Waals surface area contributed by atoms with Crippen LogP contribution < -0.4 is 5.32 Å². The van der Waals surface area contributed by atoms with Gasteiger partial charge in [0.15, 0.2) is 5.82 Å². The topological polar surface area (TPSA) is 71.3 Å². The van der Waals surface area contributed by atoms with E-state index in [0.29, 0.717) is 18.3 Å². The van der Waals surface area contributed by atoms with Gasteiger partial charge in [-0.3, -0.25) is 9.69 Å². The lowest BCUT2D eigenvalue weighted by Gasteiger charge is -2.33. The number of likely N-dealkylation sites (tertiary alicyclic amines) is 1. The first-order chi connectivity index (χ1) is 9.33. The molecule has 0 aromatic carbocycles. The Bertz CT molecular complexity index is 464. The molecule has 0 bridgehead atoms. The molecule has 6 nitrogen and oxygen atoms in total. The predicted molar refractivity (Wildman–Crippen MR) is 74.9 cm³/mol. The molecule has 112 valence electrons. The van der Waals surface area contributed by atoms with E-state index in [2.05, 4.69) is 20.4 Å². The fourth-order valence-electron chi connectivity index (χ4n) is 2.49. The lowest BCUT2D eigenvalue weighted by atomic mass is 9.95. The summed E-state index contributed by atoms with van der Waals surface area (Å²) in [6.07, 6.45) is 1.97. The molecule has 20 heavy (non-hydrogen) atoms. The van der Waals surface area contributed by atoms with Crippen molar-refractivity contribution in [3.05, 3.63) is 11.7 Å². The van der Waals surface area contributed by atoms with Crippen molar-refractivity contribution in [1.29, 1.82) is 0 Å². The molecule has 1 aliphatic rings. The molecule has 1 saturated heterocycles. The number of aryl methyl sites for hydroxylation is 1. The van der Waals surface area contributed by atoms with Gasteiger partial charge in [0.25, 0.3) is 0 Å². The van der Waals surface area contributed by atoms with E-state index in [0.717, 1.165) is 25.9 Å². The summed E-state index contributed by atoms with van der Waals surface area (Å²) >= 11 is 0. The third-order valence-electron chi connectivity index (χ3n) is 3.31. The van der Waals surface area contributed by atoms with Gasteiger partial charge in [0, 0.05) is 19.0 Å². The van der Waals surface area contributed by atoms with Gasteiger partial charge in [0.1, 0.15) is 0 Å². The first-order valence-electron chi connectivity index (χ1n) is 7.17. The van der Waals surface area contributed by atoms with Crippen LogP contribution in [0.2, 0.25) is 0 Å². The molecule has 0 saturated carbocycles. The minimum atomic E-state index is -0.176. The third-order valence-corrected chi connectivity index (χ3v) is 3.31. The maximum Gasteiger partial charge on any atom is 0.224 e. The van der Waals surface area contributed by atoms with Crippen molar-refractivity contribution in [2.75, 3.05) is 13.1 Å². The Hall–Kier alpha value is -1.43. The van der Waals surface area contributed by atoms with E-state index in [9.17, 15) is 4.79 Å². The number of nitrogens with one attached hydrogen (secondary N) is 1. The highest BCUT2D eigenvalue weighted by Gasteiger charge is 2.28. The fourth-order valence-corrected chi connectivity index (χ4v) is 2.49. The summed E-state index contributed by atoms with van der Waals surface area (Å²) in [5.41, 5.74) is -0.176. The summed E-state index contributed by atoms with van der Waals surface area (Å²) in [5.74, 6) is 1.47. The van der Waals surface area contributed by atoms with Gasteiger partial charge in [0.05, 0.1) is 12.5 Å². The molecule has 0 aliphatic carbocycles. The SMILES string of the molecule is Cc1nc(CN2CCCC(C(=O)NC(C)(C)C)C2)no1. The van der Waals surface area contributed by atoms with Crippen molar-refractivity contribution in [2.24, 2.45) is 5.92 Å². The molecule has 0 radical (unpaired) electrons. The van der Waals surface area contributed by atoms with Crippen molar-refractivity contribution >= 4 is 5.91 Å². The van der Waals surface area contributed by atoms with Crippen LogP contribution in [0.15, 0.2) is 4.52 Å². The third kappa shape index (κ3) is 4.30. The van der Waals surface area contributed by atoms with Crippen LogP contribution in [0, 0.1) is 12.8 Å². The normalized spacial score (nSPS) is 20.9. The first kappa shape index (κ1) is 15.0. The summed E-state index contributed by atoms with van der Waals surface area (Å²) in [7, 11) is 0. The zero-order valence-corrected chi connectivity index (χ0v) is 12.8. The van der Waals surface area contributed by atoms with E-state index in [1.165, 1.54) is 0 Å². The summed E-state index contributed by atoms with van der Waals surface area (Å²) in [4.78, 5) is 18.7. The predicted octanol–water partition coefficient (Wildman–Crippen LogP) is 1.50. The quantitative estimate of drug-likeness (QED) is 0.908. The number of rotatable bonds is 3. The number of aromatic nitrogens is 2. The van der Waals surface area contributed by atoms with E-state index in [4.69, 9.17) is 4.52 Å². The van der Waals surface area contributed by atoms with Crippen LogP contribution >= 0.6 is 0 Å². The summed E-state index contributed by atoms with van der Waals surface area (Å²) in [6, 6.07) is 0. The standard InChI is InChI=1S/C14H24N4O2/c1-10-15-12(17-20-10)9-18-7-5-6-11(8-18)13(19)16-14(2,3)4/h11H,5-9H2,1-4H3,(H,16,19). The van der Waals surface area contributed by atoms with Crippen LogP contribution in [0.3, 0.4) is 0 Å². The van der Waals surface area contributed by atoms with Gasteiger partial charge in [-0.1, -0.05) is 5.16 Å². The van der Waals surface area contributed by atoms with E-state index < -0.39 is 0 Å². The number of amides is 1. The highest BCUT2D eigenvalue weighted by molar-refractivity contribution is 5.79. The van der Waals surface area contributed by atoms with E-state index in [1.807, 2.05) is 20.8 Å². The molecular formula is C14H24N4O2. The number of piperidine rings is 1. The van der Waals surface area contributed by atoms with Crippen molar-refractivity contribution in [3.63, 3.8) is 0 Å². The highest BCUT2D eigenvalue weighted by Crippen LogP contribution is 2.19. The average molecular weight is 280 g/mol. The van der Waals surface area contributed by atoms with Gasteiger partial charge in [0.2, 0.25) is 11.8 Å². The number of hydrogen-bond acceptors (Lipinski definition) is 5. The Morgan fingerprint density at radius 2 is 2.25 bits per heavy atom. The monoisotopic (exact) mass is 280 g/mol. The fraction of sp³-hybridized carbons (Fsp3) is 0.786. The highest BCUT2D eigenvalue weighted by atomic mass is 16.5. The molecule has 2 heterocycles. The second-order valence-electron chi connectivity index (χ2n) is 6.54. The Morgan fingerprint density at radius 1 is 1.50 bits per heavy atom. The Balaban J connectivity index is 1.90. The summed E-state index contributed by atoms with van der Waals surface area (Å²) < 4.78 is 4.98. The molecular weight excluding hydrogens is 256 g/mol. The van der Waals surface area contributed by atoms with Crippen molar-refractivity contribution in [2.45, 2.75) is 52.6 Å². The molecule has 1 aromatic rings. The second kappa shape index (κ2) is 5.91. The van der Waals surface area contributed by atoms with E-state index in [-0.39, 0.29) is 17.4 Å². The molecule has 6 heteroatoms. The van der Waals surface area contributed by atoms with Crippen molar-refractivity contribution < 1.29 is 9.32 Å². The van der Waals surface area contributed by atoms with Gasteiger partial charge in [-0.05, 0) is 40.2 Å². The molecule has 1 amide bonds. The molecule has 2 rings (SSSR count). The Labute approximate surface area is 119 Å². The van der Waals surface area contributed by atoms with E-state index in [1.54, 1.807) is 6.92 Å². The minimum Gasteiger partial charge on any atom is -0.351 e. The zero-order valence-electron chi connectivity index (χ0n) is 12.8. The average Bonchev–Trinajstić information content (AvgIpc) is 2.73. The Morgan fingerprint density at radius 3 is 2.85 bits per heavy atom. The van der Waals surface area contributed by atoms with Crippen LogP contribution in [0.25, 0.3) is 0 Å². The molecule has 1 fully saturated rings. The van der Waals surface area contributed by atoms with Gasteiger partial charge in [-0.2, -0.15) is 4.98 Å². The summed E-state index contributed by atoms with van der Waals surface area (Å²) in [6.45, 7) is 10.2. The summed E-state index contributed by atoms with van der Waals surface area (Å²) in [5, 5.41) is 6.97. The van der Waals surface area contributed by atoms with Crippen molar-refractivity contribution in [3.8, 4) is 0 Å². The zero-order chi connectivity index (χ0) is 14.8. The number of carbonyl (C=O) groups excluding carboxylic acids is 1. The van der Waals surface area contributed by atoms with Crippen molar-refractivity contribution in [1.82, 2.24) is 20.4 Å². The molecule has 1 atom stereocenters. The molecule has 1 unspecified atom stereocenters. The second-order valence-corrected chi connectivity index (χ2v) is 6.54. The maximum atomic E-state index is 12.2. The minimum absolute atomic E-state index is 0.0518. The van der Waals surface area contributed by atoms with Gasteiger partial charge < -0.3 is 9.84 Å². The molecule has 1 aliphatic heterocycles. The lowest BCUT2D eigenvalue weighted by molar-refractivity contribution is -0.128. The number of nitrogens with zero attached hydrogens (tertiary/aromatic N) is 3. The van der Waals surface area contributed by atoms with Crippen LogP contribution in [-0.4, -0.2) is 39.6 Å².